The van der Waals surface area contributed by atoms with Crippen LogP contribution in [0.1, 0.15) is 26.7 Å². The summed E-state index contributed by atoms with van der Waals surface area (Å²) >= 11 is 0. The molecule has 1 heterocycles. The highest BCUT2D eigenvalue weighted by atomic mass is 15.2. The number of hydrogen-bond acceptors (Lipinski definition) is 3. The smallest absolute Gasteiger partial charge is 0.0226 e. The molecule has 0 radical (unpaired) electrons. The fraction of sp³-hybridized carbons (Fsp3) is 1.00. The molecule has 0 aromatic rings. The monoisotopic (exact) mass is 199 g/mol. The zero-order valence-corrected chi connectivity index (χ0v) is 10.1. The minimum Gasteiger partial charge on any atom is -0.324 e. The Kier molecular flexibility index (Phi) is 3.93. The van der Waals surface area contributed by atoms with Crippen LogP contribution in [0.25, 0.3) is 0 Å². The van der Waals surface area contributed by atoms with E-state index in [0.717, 1.165) is 13.1 Å². The molecule has 1 atom stereocenters. The molecule has 1 aliphatic heterocycles. The van der Waals surface area contributed by atoms with Gasteiger partial charge in [-0.05, 0) is 47.3 Å². The minimum atomic E-state index is -0.0606. The second kappa shape index (κ2) is 4.60. The van der Waals surface area contributed by atoms with E-state index >= 15 is 0 Å². The first-order chi connectivity index (χ1) is 6.38. The molecular weight excluding hydrogens is 174 g/mol. The zero-order chi connectivity index (χ0) is 10.8. The molecule has 1 saturated heterocycles. The van der Waals surface area contributed by atoms with Crippen molar-refractivity contribution in [1.29, 1.82) is 0 Å². The summed E-state index contributed by atoms with van der Waals surface area (Å²) in [7, 11) is 4.29. The van der Waals surface area contributed by atoms with Crippen molar-refractivity contribution in [2.24, 2.45) is 5.73 Å². The van der Waals surface area contributed by atoms with Gasteiger partial charge >= 0.3 is 0 Å². The molecule has 14 heavy (non-hydrogen) atoms. The molecule has 1 rings (SSSR count). The Morgan fingerprint density at radius 3 is 2.57 bits per heavy atom. The third-order valence-electron chi connectivity index (χ3n) is 2.69. The molecule has 3 heteroatoms. The summed E-state index contributed by atoms with van der Waals surface area (Å²) in [5, 5.41) is 0. The van der Waals surface area contributed by atoms with Crippen molar-refractivity contribution in [2.75, 3.05) is 33.7 Å². The molecule has 0 saturated carbocycles. The van der Waals surface area contributed by atoms with Crippen LogP contribution in [0.3, 0.4) is 0 Å². The van der Waals surface area contributed by atoms with Crippen LogP contribution in [0.5, 0.6) is 0 Å². The SMILES string of the molecule is CN(C)CC1CCCN1CC(C)(C)N. The van der Waals surface area contributed by atoms with E-state index in [0.29, 0.717) is 6.04 Å². The van der Waals surface area contributed by atoms with E-state index in [1.165, 1.54) is 19.4 Å². The normalized spacial score (nSPS) is 24.9. The predicted octanol–water partition coefficient (Wildman–Crippen LogP) is 0.750. The van der Waals surface area contributed by atoms with Crippen molar-refractivity contribution in [1.82, 2.24) is 9.80 Å². The van der Waals surface area contributed by atoms with Gasteiger partial charge in [0.15, 0.2) is 0 Å². The summed E-state index contributed by atoms with van der Waals surface area (Å²) in [6.45, 7) is 7.62. The maximum Gasteiger partial charge on any atom is 0.0226 e. The lowest BCUT2D eigenvalue weighted by Crippen LogP contribution is -2.49. The van der Waals surface area contributed by atoms with Gasteiger partial charge in [-0.25, -0.2) is 0 Å². The molecule has 0 amide bonds. The van der Waals surface area contributed by atoms with E-state index in [1.807, 2.05) is 0 Å². The van der Waals surface area contributed by atoms with Crippen molar-refractivity contribution in [3.63, 3.8) is 0 Å². The molecular formula is C11H25N3. The molecule has 0 aliphatic carbocycles. The molecule has 1 unspecified atom stereocenters. The number of hydrogen-bond donors (Lipinski definition) is 1. The van der Waals surface area contributed by atoms with E-state index in [4.69, 9.17) is 5.73 Å². The highest BCUT2D eigenvalue weighted by Gasteiger charge is 2.28. The fourth-order valence-electron chi connectivity index (χ4n) is 2.25. The number of nitrogens with zero attached hydrogens (tertiary/aromatic N) is 2. The topological polar surface area (TPSA) is 32.5 Å². The summed E-state index contributed by atoms with van der Waals surface area (Å²) in [6, 6.07) is 0.716. The van der Waals surface area contributed by atoms with Crippen LogP contribution in [0.4, 0.5) is 0 Å². The van der Waals surface area contributed by atoms with Crippen LogP contribution >= 0.6 is 0 Å². The Balaban J connectivity index is 2.43. The maximum absolute atomic E-state index is 6.05. The van der Waals surface area contributed by atoms with Crippen LogP contribution in [0.2, 0.25) is 0 Å². The van der Waals surface area contributed by atoms with Crippen molar-refractivity contribution in [3.05, 3.63) is 0 Å². The van der Waals surface area contributed by atoms with Gasteiger partial charge in [0.05, 0.1) is 0 Å². The number of nitrogens with two attached hydrogens (primary N) is 1. The lowest BCUT2D eigenvalue weighted by Gasteiger charge is -2.32. The highest BCUT2D eigenvalue weighted by Crippen LogP contribution is 2.19. The molecule has 1 fully saturated rings. The molecule has 1 aliphatic rings. The van der Waals surface area contributed by atoms with Crippen LogP contribution < -0.4 is 5.73 Å². The van der Waals surface area contributed by atoms with Crippen molar-refractivity contribution >= 4 is 0 Å². The van der Waals surface area contributed by atoms with Gasteiger partial charge in [0, 0.05) is 24.7 Å². The van der Waals surface area contributed by atoms with Crippen molar-refractivity contribution < 1.29 is 0 Å². The molecule has 0 aromatic carbocycles. The van der Waals surface area contributed by atoms with Crippen LogP contribution in [-0.2, 0) is 0 Å². The summed E-state index contributed by atoms with van der Waals surface area (Å²) in [4.78, 5) is 4.81. The Morgan fingerprint density at radius 2 is 2.07 bits per heavy atom. The van der Waals surface area contributed by atoms with Gasteiger partial charge < -0.3 is 10.6 Å². The quantitative estimate of drug-likeness (QED) is 0.725. The lowest BCUT2D eigenvalue weighted by molar-refractivity contribution is 0.178. The van der Waals surface area contributed by atoms with Gasteiger partial charge in [-0.2, -0.15) is 0 Å². The highest BCUT2D eigenvalue weighted by molar-refractivity contribution is 4.86. The van der Waals surface area contributed by atoms with E-state index < -0.39 is 0 Å². The lowest BCUT2D eigenvalue weighted by atomic mass is 10.1. The first-order valence-corrected chi connectivity index (χ1v) is 5.56. The Bertz CT molecular complexity index is 172. The number of rotatable bonds is 4. The standard InChI is InChI=1S/C11H25N3/c1-11(2,12)9-14-7-5-6-10(14)8-13(3)4/h10H,5-9,12H2,1-4H3. The maximum atomic E-state index is 6.05. The van der Waals surface area contributed by atoms with E-state index in [2.05, 4.69) is 37.7 Å². The Hall–Kier alpha value is -0.120. The van der Waals surface area contributed by atoms with Gasteiger partial charge in [-0.1, -0.05) is 0 Å². The van der Waals surface area contributed by atoms with Gasteiger partial charge in [-0.3, -0.25) is 4.90 Å². The van der Waals surface area contributed by atoms with Gasteiger partial charge in [0.25, 0.3) is 0 Å². The summed E-state index contributed by atoms with van der Waals surface area (Å²) in [5.74, 6) is 0. The van der Waals surface area contributed by atoms with E-state index in [9.17, 15) is 0 Å². The van der Waals surface area contributed by atoms with Gasteiger partial charge in [0.2, 0.25) is 0 Å². The third-order valence-corrected chi connectivity index (χ3v) is 2.69. The first-order valence-electron chi connectivity index (χ1n) is 5.56. The molecule has 0 aromatic heterocycles. The molecule has 2 N–H and O–H groups in total. The second-order valence-electron chi connectivity index (χ2n) is 5.52. The second-order valence-corrected chi connectivity index (χ2v) is 5.52. The van der Waals surface area contributed by atoms with Crippen LogP contribution in [0, 0.1) is 0 Å². The Morgan fingerprint density at radius 1 is 1.43 bits per heavy atom. The fourth-order valence-corrected chi connectivity index (χ4v) is 2.25. The van der Waals surface area contributed by atoms with E-state index in [-0.39, 0.29) is 5.54 Å². The zero-order valence-electron chi connectivity index (χ0n) is 10.1. The van der Waals surface area contributed by atoms with Crippen LogP contribution in [-0.4, -0.2) is 55.1 Å². The van der Waals surface area contributed by atoms with Gasteiger partial charge in [0.1, 0.15) is 0 Å². The average Bonchev–Trinajstić information content (AvgIpc) is 2.32. The largest absolute Gasteiger partial charge is 0.324 e. The summed E-state index contributed by atoms with van der Waals surface area (Å²) in [5.41, 5.74) is 5.99. The van der Waals surface area contributed by atoms with Crippen molar-refractivity contribution in [3.8, 4) is 0 Å². The summed E-state index contributed by atoms with van der Waals surface area (Å²) in [6.07, 6.45) is 2.66. The van der Waals surface area contributed by atoms with E-state index in [1.54, 1.807) is 0 Å². The van der Waals surface area contributed by atoms with Crippen LogP contribution in [0.15, 0.2) is 0 Å². The summed E-state index contributed by atoms with van der Waals surface area (Å²) < 4.78 is 0. The number of likely N-dealkylation sites (tertiary alicyclic amines) is 1. The minimum absolute atomic E-state index is 0.0606. The van der Waals surface area contributed by atoms with Crippen molar-refractivity contribution in [2.45, 2.75) is 38.3 Å². The molecule has 84 valence electrons. The molecule has 0 bridgehead atoms. The predicted molar refractivity (Wildman–Crippen MR) is 61.4 cm³/mol. The van der Waals surface area contributed by atoms with Gasteiger partial charge in [-0.15, -0.1) is 0 Å². The third kappa shape index (κ3) is 3.95. The molecule has 0 spiro atoms. The molecule has 3 nitrogen and oxygen atoms in total. The average molecular weight is 199 g/mol. The number of likely N-dealkylation sites (N-methyl/N-ethyl adjacent to an activating group) is 1. The first kappa shape index (κ1) is 12.0. The Labute approximate surface area is 88.2 Å².